The van der Waals surface area contributed by atoms with E-state index in [1.807, 2.05) is 35.2 Å². The summed E-state index contributed by atoms with van der Waals surface area (Å²) in [5, 5.41) is 0. The van der Waals surface area contributed by atoms with Crippen LogP contribution in [0.2, 0.25) is 0 Å². The predicted octanol–water partition coefficient (Wildman–Crippen LogP) is 1.80. The van der Waals surface area contributed by atoms with Gasteiger partial charge in [0.25, 0.3) is 5.91 Å². The van der Waals surface area contributed by atoms with E-state index in [4.69, 9.17) is 4.74 Å². The summed E-state index contributed by atoms with van der Waals surface area (Å²) in [5.74, 6) is 1.67. The summed E-state index contributed by atoms with van der Waals surface area (Å²) in [6, 6.07) is 9.61. The lowest BCUT2D eigenvalue weighted by atomic mass is 10.2. The molecular formula is C20H25N5O2. The molecule has 1 fully saturated rings. The van der Waals surface area contributed by atoms with Gasteiger partial charge in [-0.25, -0.2) is 9.97 Å². The van der Waals surface area contributed by atoms with E-state index in [1.165, 1.54) is 0 Å². The summed E-state index contributed by atoms with van der Waals surface area (Å²) in [4.78, 5) is 27.4. The van der Waals surface area contributed by atoms with Gasteiger partial charge in [-0.05, 0) is 37.6 Å². The monoisotopic (exact) mass is 367 g/mol. The van der Waals surface area contributed by atoms with Gasteiger partial charge in [0.15, 0.2) is 6.61 Å². The number of hydrogen-bond acceptors (Lipinski definition) is 6. The van der Waals surface area contributed by atoms with Gasteiger partial charge in [-0.3, -0.25) is 9.69 Å². The number of unbranched alkanes of at least 4 members (excludes halogenated alkanes) is 1. The van der Waals surface area contributed by atoms with E-state index in [1.54, 1.807) is 12.4 Å². The van der Waals surface area contributed by atoms with Crippen molar-refractivity contribution in [1.29, 1.82) is 0 Å². The fourth-order valence-electron chi connectivity index (χ4n) is 3.63. The number of fused-ring (bicyclic) bond motifs is 1. The lowest BCUT2D eigenvalue weighted by molar-refractivity contribution is -0.121. The highest BCUT2D eigenvalue weighted by atomic mass is 16.5. The van der Waals surface area contributed by atoms with Crippen molar-refractivity contribution in [2.24, 2.45) is 0 Å². The summed E-state index contributed by atoms with van der Waals surface area (Å²) in [6.45, 7) is 5.91. The van der Waals surface area contributed by atoms with Crippen LogP contribution in [0.25, 0.3) is 0 Å². The van der Waals surface area contributed by atoms with Crippen LogP contribution >= 0.6 is 0 Å². The van der Waals surface area contributed by atoms with E-state index in [0.29, 0.717) is 0 Å². The number of rotatable bonds is 6. The van der Waals surface area contributed by atoms with Crippen molar-refractivity contribution in [3.05, 3.63) is 42.7 Å². The molecule has 1 aromatic heterocycles. The number of amides is 1. The number of nitrogens with zero attached hydrogens (tertiary/aromatic N) is 5. The highest BCUT2D eigenvalue weighted by Gasteiger charge is 2.24. The Balaban J connectivity index is 1.21. The van der Waals surface area contributed by atoms with Crippen LogP contribution in [-0.2, 0) is 4.79 Å². The van der Waals surface area contributed by atoms with Gasteiger partial charge in [0.2, 0.25) is 5.95 Å². The molecule has 2 aliphatic rings. The summed E-state index contributed by atoms with van der Waals surface area (Å²) >= 11 is 0. The molecule has 2 aliphatic heterocycles. The molecule has 0 spiro atoms. The molecule has 1 aromatic carbocycles. The Hall–Kier alpha value is -2.67. The molecule has 0 unspecified atom stereocenters. The standard InChI is InChI=1S/C20H25N5O2/c26-19-16-27-18-7-2-1-6-17(18)25(19)11-4-3-10-23-12-14-24(15-13-23)20-21-8-5-9-22-20/h1-2,5-9H,3-4,10-16H2. The molecule has 27 heavy (non-hydrogen) atoms. The van der Waals surface area contributed by atoms with Gasteiger partial charge >= 0.3 is 0 Å². The maximum Gasteiger partial charge on any atom is 0.265 e. The van der Waals surface area contributed by atoms with Crippen LogP contribution in [0.15, 0.2) is 42.7 Å². The number of benzene rings is 1. The van der Waals surface area contributed by atoms with Gasteiger partial charge in [0.1, 0.15) is 5.75 Å². The topological polar surface area (TPSA) is 61.8 Å². The molecule has 1 amide bonds. The zero-order valence-electron chi connectivity index (χ0n) is 15.5. The third kappa shape index (κ3) is 4.19. The minimum Gasteiger partial charge on any atom is -0.482 e. The van der Waals surface area contributed by atoms with Gasteiger partial charge in [0.05, 0.1) is 5.69 Å². The van der Waals surface area contributed by atoms with Crippen molar-refractivity contribution >= 4 is 17.5 Å². The molecule has 0 saturated carbocycles. The van der Waals surface area contributed by atoms with Crippen molar-refractivity contribution in [2.75, 3.05) is 55.7 Å². The number of aromatic nitrogens is 2. The quantitative estimate of drug-likeness (QED) is 0.726. The van der Waals surface area contributed by atoms with E-state index >= 15 is 0 Å². The number of hydrogen-bond donors (Lipinski definition) is 0. The van der Waals surface area contributed by atoms with E-state index in [2.05, 4.69) is 19.8 Å². The number of piperazine rings is 1. The van der Waals surface area contributed by atoms with Crippen molar-refractivity contribution in [2.45, 2.75) is 12.8 Å². The van der Waals surface area contributed by atoms with Crippen LogP contribution in [0.3, 0.4) is 0 Å². The Morgan fingerprint density at radius 1 is 0.926 bits per heavy atom. The first-order valence-electron chi connectivity index (χ1n) is 9.58. The lowest BCUT2D eigenvalue weighted by Crippen LogP contribution is -2.47. The SMILES string of the molecule is O=C1COc2ccccc2N1CCCCN1CCN(c2ncccn2)CC1. The second-order valence-corrected chi connectivity index (χ2v) is 6.89. The molecule has 4 rings (SSSR count). The average molecular weight is 367 g/mol. The van der Waals surface area contributed by atoms with Crippen LogP contribution in [0.5, 0.6) is 5.75 Å². The summed E-state index contributed by atoms with van der Waals surface area (Å²) < 4.78 is 5.50. The van der Waals surface area contributed by atoms with E-state index in [-0.39, 0.29) is 12.5 Å². The second kappa shape index (κ2) is 8.35. The van der Waals surface area contributed by atoms with Crippen molar-refractivity contribution < 1.29 is 9.53 Å². The van der Waals surface area contributed by atoms with Crippen LogP contribution in [0, 0.1) is 0 Å². The summed E-state index contributed by atoms with van der Waals surface area (Å²) in [6.07, 6.45) is 5.65. The zero-order chi connectivity index (χ0) is 18.5. The van der Waals surface area contributed by atoms with Gasteiger partial charge in [-0.1, -0.05) is 12.1 Å². The summed E-state index contributed by atoms with van der Waals surface area (Å²) in [5.41, 5.74) is 0.894. The third-order valence-electron chi connectivity index (χ3n) is 5.12. The van der Waals surface area contributed by atoms with E-state index < -0.39 is 0 Å². The Bertz CT molecular complexity index is 762. The maximum absolute atomic E-state index is 12.2. The van der Waals surface area contributed by atoms with E-state index in [0.717, 1.165) is 69.5 Å². The fraction of sp³-hybridized carbons (Fsp3) is 0.450. The molecule has 142 valence electrons. The Kier molecular flexibility index (Phi) is 5.48. The molecule has 0 bridgehead atoms. The first-order valence-corrected chi connectivity index (χ1v) is 9.58. The van der Waals surface area contributed by atoms with Gasteiger partial charge < -0.3 is 14.5 Å². The molecule has 3 heterocycles. The highest BCUT2D eigenvalue weighted by Crippen LogP contribution is 2.31. The molecule has 0 atom stereocenters. The minimum absolute atomic E-state index is 0.0465. The minimum atomic E-state index is 0.0465. The largest absolute Gasteiger partial charge is 0.482 e. The Labute approximate surface area is 159 Å². The first kappa shape index (κ1) is 17.7. The van der Waals surface area contributed by atoms with Crippen molar-refractivity contribution in [1.82, 2.24) is 14.9 Å². The molecule has 0 radical (unpaired) electrons. The molecule has 2 aromatic rings. The number of para-hydroxylation sites is 2. The second-order valence-electron chi connectivity index (χ2n) is 6.89. The molecule has 7 nitrogen and oxygen atoms in total. The number of ether oxygens (including phenoxy) is 1. The first-order chi connectivity index (χ1) is 13.3. The highest BCUT2D eigenvalue weighted by molar-refractivity contribution is 5.97. The van der Waals surface area contributed by atoms with Crippen LogP contribution in [-0.4, -0.2) is 66.7 Å². The average Bonchev–Trinajstić information content (AvgIpc) is 2.73. The molecule has 1 saturated heterocycles. The normalized spacial score (nSPS) is 17.6. The number of carbonyl (C=O) groups excluding carboxylic acids is 1. The number of anilines is 2. The molecule has 0 N–H and O–H groups in total. The van der Waals surface area contributed by atoms with Gasteiger partial charge in [-0.15, -0.1) is 0 Å². The Morgan fingerprint density at radius 3 is 2.48 bits per heavy atom. The predicted molar refractivity (Wildman–Crippen MR) is 104 cm³/mol. The maximum atomic E-state index is 12.2. The van der Waals surface area contributed by atoms with E-state index in [9.17, 15) is 4.79 Å². The van der Waals surface area contributed by atoms with Gasteiger partial charge in [-0.2, -0.15) is 0 Å². The van der Waals surface area contributed by atoms with Gasteiger partial charge in [0, 0.05) is 45.1 Å². The zero-order valence-corrected chi connectivity index (χ0v) is 15.5. The van der Waals surface area contributed by atoms with Crippen molar-refractivity contribution in [3.63, 3.8) is 0 Å². The van der Waals surface area contributed by atoms with Crippen LogP contribution in [0.4, 0.5) is 11.6 Å². The molecule has 0 aliphatic carbocycles. The fourth-order valence-corrected chi connectivity index (χ4v) is 3.63. The van der Waals surface area contributed by atoms with Crippen LogP contribution < -0.4 is 14.5 Å². The molecular weight excluding hydrogens is 342 g/mol. The van der Waals surface area contributed by atoms with Crippen molar-refractivity contribution in [3.8, 4) is 5.75 Å². The summed E-state index contributed by atoms with van der Waals surface area (Å²) in [7, 11) is 0. The number of carbonyl (C=O) groups is 1. The third-order valence-corrected chi connectivity index (χ3v) is 5.12. The Morgan fingerprint density at radius 2 is 1.67 bits per heavy atom. The van der Waals surface area contributed by atoms with Crippen LogP contribution in [0.1, 0.15) is 12.8 Å². The lowest BCUT2D eigenvalue weighted by Gasteiger charge is -2.35. The molecule has 7 heteroatoms. The smallest absolute Gasteiger partial charge is 0.265 e.